The fourth-order valence-electron chi connectivity index (χ4n) is 2.22. The van der Waals surface area contributed by atoms with Crippen molar-refractivity contribution in [2.24, 2.45) is 0 Å². The quantitative estimate of drug-likeness (QED) is 0.813. The second kappa shape index (κ2) is 7.09. The molecule has 0 aliphatic heterocycles. The van der Waals surface area contributed by atoms with Crippen LogP contribution in [0.5, 0.6) is 0 Å². The van der Waals surface area contributed by atoms with E-state index in [0.717, 1.165) is 16.1 Å². The largest absolute Gasteiger partial charge is 0.310 e. The smallest absolute Gasteiger partial charge is 0.159 e. The molecule has 0 aromatic heterocycles. The monoisotopic (exact) mass is 357 g/mol. The topological polar surface area (TPSA) is 12.0 Å². The van der Waals surface area contributed by atoms with Crippen LogP contribution in [-0.2, 0) is 6.42 Å². The molecule has 2 aromatic carbocycles. The lowest BCUT2D eigenvalue weighted by Crippen LogP contribution is -2.23. The van der Waals surface area contributed by atoms with E-state index < -0.39 is 11.6 Å². The van der Waals surface area contributed by atoms with Gasteiger partial charge in [0.2, 0.25) is 0 Å². The molecule has 0 aliphatic rings. The SMILES string of the molecule is CCNC(Cc1ccc(F)c(F)c1)c1cc(F)ccc1Br. The molecule has 0 bridgehead atoms. The Bertz CT molecular complexity index is 631. The van der Waals surface area contributed by atoms with Gasteiger partial charge in [-0.2, -0.15) is 0 Å². The van der Waals surface area contributed by atoms with E-state index >= 15 is 0 Å². The summed E-state index contributed by atoms with van der Waals surface area (Å²) in [5.74, 6) is -2.08. The van der Waals surface area contributed by atoms with Crippen LogP contribution in [0.1, 0.15) is 24.1 Å². The van der Waals surface area contributed by atoms with Crippen LogP contribution in [0.3, 0.4) is 0 Å². The van der Waals surface area contributed by atoms with Gasteiger partial charge in [-0.1, -0.05) is 28.9 Å². The Kier molecular flexibility index (Phi) is 5.42. The Hall–Kier alpha value is -1.33. The Labute approximate surface area is 130 Å². The highest BCUT2D eigenvalue weighted by Gasteiger charge is 2.16. The number of hydrogen-bond acceptors (Lipinski definition) is 1. The third-order valence-corrected chi connectivity index (χ3v) is 3.93. The van der Waals surface area contributed by atoms with Gasteiger partial charge in [0, 0.05) is 10.5 Å². The molecule has 2 aromatic rings. The molecular formula is C16H15BrF3N. The molecule has 112 valence electrons. The molecule has 1 N–H and O–H groups in total. The molecular weight excluding hydrogens is 343 g/mol. The van der Waals surface area contributed by atoms with E-state index in [-0.39, 0.29) is 11.9 Å². The minimum Gasteiger partial charge on any atom is -0.310 e. The lowest BCUT2D eigenvalue weighted by atomic mass is 9.98. The fourth-order valence-corrected chi connectivity index (χ4v) is 2.75. The van der Waals surface area contributed by atoms with Gasteiger partial charge in [-0.15, -0.1) is 0 Å². The van der Waals surface area contributed by atoms with Gasteiger partial charge in [0.05, 0.1) is 0 Å². The van der Waals surface area contributed by atoms with Gasteiger partial charge < -0.3 is 5.32 Å². The zero-order valence-electron chi connectivity index (χ0n) is 11.5. The van der Waals surface area contributed by atoms with E-state index in [1.165, 1.54) is 24.3 Å². The van der Waals surface area contributed by atoms with Crippen molar-refractivity contribution in [3.8, 4) is 0 Å². The van der Waals surface area contributed by atoms with Crippen LogP contribution in [0.2, 0.25) is 0 Å². The van der Waals surface area contributed by atoms with Crippen LogP contribution in [0.15, 0.2) is 40.9 Å². The molecule has 2 rings (SSSR count). The molecule has 0 fully saturated rings. The molecule has 0 heterocycles. The number of likely N-dealkylation sites (N-methyl/N-ethyl adjacent to an activating group) is 1. The predicted molar refractivity (Wildman–Crippen MR) is 80.6 cm³/mol. The van der Waals surface area contributed by atoms with Crippen LogP contribution >= 0.6 is 15.9 Å². The summed E-state index contributed by atoms with van der Waals surface area (Å²) in [7, 11) is 0. The Balaban J connectivity index is 2.30. The van der Waals surface area contributed by atoms with Gasteiger partial charge in [0.25, 0.3) is 0 Å². The number of hydrogen-bond donors (Lipinski definition) is 1. The number of nitrogens with one attached hydrogen (secondary N) is 1. The Morgan fingerprint density at radius 3 is 2.48 bits per heavy atom. The summed E-state index contributed by atoms with van der Waals surface area (Å²) in [5, 5.41) is 3.24. The van der Waals surface area contributed by atoms with Gasteiger partial charge >= 0.3 is 0 Å². The van der Waals surface area contributed by atoms with E-state index in [0.29, 0.717) is 18.5 Å². The van der Waals surface area contributed by atoms with Gasteiger partial charge in [-0.25, -0.2) is 13.2 Å². The lowest BCUT2D eigenvalue weighted by molar-refractivity contribution is 0.501. The molecule has 0 saturated heterocycles. The summed E-state index contributed by atoms with van der Waals surface area (Å²) < 4.78 is 40.5. The summed E-state index contributed by atoms with van der Waals surface area (Å²) in [6.45, 7) is 2.61. The van der Waals surface area contributed by atoms with Gasteiger partial charge in [-0.3, -0.25) is 0 Å². The molecule has 1 unspecified atom stereocenters. The molecule has 0 spiro atoms. The maximum Gasteiger partial charge on any atom is 0.159 e. The van der Waals surface area contributed by atoms with E-state index in [4.69, 9.17) is 0 Å². The molecule has 0 amide bonds. The molecule has 0 radical (unpaired) electrons. The minimum absolute atomic E-state index is 0.190. The average molecular weight is 358 g/mol. The van der Waals surface area contributed by atoms with Crippen molar-refractivity contribution in [2.45, 2.75) is 19.4 Å². The van der Waals surface area contributed by atoms with Crippen molar-refractivity contribution in [3.63, 3.8) is 0 Å². The first-order valence-corrected chi connectivity index (χ1v) is 7.42. The van der Waals surface area contributed by atoms with E-state index in [1.807, 2.05) is 6.92 Å². The van der Waals surface area contributed by atoms with Crippen LogP contribution in [0, 0.1) is 17.5 Å². The molecule has 1 atom stereocenters. The zero-order chi connectivity index (χ0) is 15.4. The van der Waals surface area contributed by atoms with Crippen LogP contribution in [0.4, 0.5) is 13.2 Å². The van der Waals surface area contributed by atoms with Crippen LogP contribution in [-0.4, -0.2) is 6.54 Å². The minimum atomic E-state index is -0.874. The normalized spacial score (nSPS) is 12.4. The van der Waals surface area contributed by atoms with Gasteiger partial charge in [0.15, 0.2) is 11.6 Å². The van der Waals surface area contributed by atoms with Crippen molar-refractivity contribution < 1.29 is 13.2 Å². The van der Waals surface area contributed by atoms with E-state index in [1.54, 1.807) is 6.07 Å². The standard InChI is InChI=1S/C16H15BrF3N/c1-2-21-16(12-9-11(18)4-5-13(12)17)8-10-3-6-14(19)15(20)7-10/h3-7,9,16,21H,2,8H2,1H3. The predicted octanol–water partition coefficient (Wildman–Crippen LogP) is 4.76. The second-order valence-corrected chi connectivity index (χ2v) is 5.58. The van der Waals surface area contributed by atoms with Gasteiger partial charge in [0.1, 0.15) is 5.82 Å². The number of benzene rings is 2. The highest BCUT2D eigenvalue weighted by Crippen LogP contribution is 2.27. The first kappa shape index (κ1) is 16.0. The summed E-state index contributed by atoms with van der Waals surface area (Å²) in [4.78, 5) is 0. The van der Waals surface area contributed by atoms with Crippen molar-refractivity contribution in [1.82, 2.24) is 5.32 Å². The maximum absolute atomic E-state index is 13.4. The molecule has 1 nitrogen and oxygen atoms in total. The molecule has 0 saturated carbocycles. The molecule has 21 heavy (non-hydrogen) atoms. The van der Waals surface area contributed by atoms with E-state index in [2.05, 4.69) is 21.2 Å². The summed E-state index contributed by atoms with van der Waals surface area (Å²) in [6.07, 6.45) is 0.438. The summed E-state index contributed by atoms with van der Waals surface area (Å²) in [6, 6.07) is 8.08. The fraction of sp³-hybridized carbons (Fsp3) is 0.250. The first-order valence-electron chi connectivity index (χ1n) is 6.63. The third kappa shape index (κ3) is 4.08. The van der Waals surface area contributed by atoms with Crippen molar-refractivity contribution in [1.29, 1.82) is 0 Å². The van der Waals surface area contributed by atoms with Crippen LogP contribution < -0.4 is 5.32 Å². The maximum atomic E-state index is 13.4. The number of halogens is 4. The van der Waals surface area contributed by atoms with Crippen molar-refractivity contribution in [3.05, 3.63) is 69.4 Å². The van der Waals surface area contributed by atoms with Crippen LogP contribution in [0.25, 0.3) is 0 Å². The van der Waals surface area contributed by atoms with E-state index in [9.17, 15) is 13.2 Å². The Morgan fingerprint density at radius 1 is 1.05 bits per heavy atom. The molecule has 0 aliphatic carbocycles. The van der Waals surface area contributed by atoms with Crippen molar-refractivity contribution >= 4 is 15.9 Å². The Morgan fingerprint density at radius 2 is 1.81 bits per heavy atom. The first-order chi connectivity index (χ1) is 10.0. The average Bonchev–Trinajstić information content (AvgIpc) is 2.45. The molecule has 5 heteroatoms. The highest BCUT2D eigenvalue weighted by atomic mass is 79.9. The summed E-state index contributed by atoms with van der Waals surface area (Å²) >= 11 is 3.40. The lowest BCUT2D eigenvalue weighted by Gasteiger charge is -2.20. The number of rotatable bonds is 5. The third-order valence-electron chi connectivity index (χ3n) is 3.21. The zero-order valence-corrected chi connectivity index (χ0v) is 13.1. The summed E-state index contributed by atoms with van der Waals surface area (Å²) in [5.41, 5.74) is 1.40. The van der Waals surface area contributed by atoms with Gasteiger partial charge in [-0.05, 0) is 54.4 Å². The second-order valence-electron chi connectivity index (χ2n) is 4.73. The highest BCUT2D eigenvalue weighted by molar-refractivity contribution is 9.10. The van der Waals surface area contributed by atoms with Crippen molar-refractivity contribution in [2.75, 3.05) is 6.54 Å².